The van der Waals surface area contributed by atoms with Crippen molar-refractivity contribution in [3.63, 3.8) is 0 Å². The van der Waals surface area contributed by atoms with E-state index in [-0.39, 0.29) is 12.7 Å². The van der Waals surface area contributed by atoms with Gasteiger partial charge in [0.1, 0.15) is 11.5 Å². The maximum atomic E-state index is 12.3. The Morgan fingerprint density at radius 1 is 1.18 bits per heavy atom. The Morgan fingerprint density at radius 2 is 1.89 bits per heavy atom. The smallest absolute Gasteiger partial charge is 0.344 e. The second-order valence-electron chi connectivity index (χ2n) is 5.94. The van der Waals surface area contributed by atoms with Crippen LogP contribution >= 0.6 is 15.9 Å². The van der Waals surface area contributed by atoms with E-state index in [2.05, 4.69) is 26.5 Å². The van der Waals surface area contributed by atoms with Gasteiger partial charge in [-0.05, 0) is 61.9 Å². The van der Waals surface area contributed by atoms with Gasteiger partial charge in [0.05, 0.1) is 25.0 Å². The van der Waals surface area contributed by atoms with E-state index < -0.39 is 11.9 Å². The first-order valence-corrected chi connectivity index (χ1v) is 9.27. The van der Waals surface area contributed by atoms with Crippen molar-refractivity contribution in [2.24, 2.45) is 5.10 Å². The molecule has 8 heteroatoms. The maximum absolute atomic E-state index is 12.3. The van der Waals surface area contributed by atoms with Crippen LogP contribution in [0.4, 0.5) is 0 Å². The van der Waals surface area contributed by atoms with E-state index in [1.54, 1.807) is 56.3 Å². The van der Waals surface area contributed by atoms with Gasteiger partial charge in [0.25, 0.3) is 5.91 Å². The van der Waals surface area contributed by atoms with Gasteiger partial charge in [-0.3, -0.25) is 4.79 Å². The molecule has 0 aliphatic heterocycles. The number of esters is 1. The van der Waals surface area contributed by atoms with E-state index in [4.69, 9.17) is 14.2 Å². The number of carbonyl (C=O) groups is 2. The molecule has 0 aliphatic carbocycles. The second kappa shape index (κ2) is 10.5. The average Bonchev–Trinajstić information content (AvgIpc) is 2.66. The van der Waals surface area contributed by atoms with E-state index in [9.17, 15) is 9.59 Å². The summed E-state index contributed by atoms with van der Waals surface area (Å²) in [4.78, 5) is 23.7. The van der Waals surface area contributed by atoms with Crippen molar-refractivity contribution in [3.8, 4) is 11.5 Å². The van der Waals surface area contributed by atoms with Crippen LogP contribution in [0.3, 0.4) is 0 Å². The molecule has 0 bridgehead atoms. The van der Waals surface area contributed by atoms with E-state index in [1.807, 2.05) is 0 Å². The summed E-state index contributed by atoms with van der Waals surface area (Å²) in [6.07, 6.45) is 1.32. The van der Waals surface area contributed by atoms with Crippen molar-refractivity contribution < 1.29 is 23.8 Å². The van der Waals surface area contributed by atoms with E-state index in [0.717, 1.165) is 10.0 Å². The zero-order valence-corrected chi connectivity index (χ0v) is 17.4. The van der Waals surface area contributed by atoms with Gasteiger partial charge in [-0.15, -0.1) is 0 Å². The summed E-state index contributed by atoms with van der Waals surface area (Å²) in [7, 11) is 1.50. The fourth-order valence-corrected chi connectivity index (χ4v) is 2.53. The highest BCUT2D eigenvalue weighted by atomic mass is 79.9. The molecular weight excluding hydrogens is 428 g/mol. The highest BCUT2D eigenvalue weighted by Gasteiger charge is 2.12. The maximum Gasteiger partial charge on any atom is 0.344 e. The van der Waals surface area contributed by atoms with Crippen LogP contribution in [0.5, 0.6) is 11.5 Å². The molecule has 0 saturated carbocycles. The average molecular weight is 449 g/mol. The summed E-state index contributed by atoms with van der Waals surface area (Å²) in [5.74, 6) is 0.165. The number of hydrogen-bond donors (Lipinski definition) is 1. The van der Waals surface area contributed by atoms with Crippen LogP contribution in [0.25, 0.3) is 0 Å². The Kier molecular flexibility index (Phi) is 8.01. The summed E-state index contributed by atoms with van der Waals surface area (Å²) in [5.41, 5.74) is 3.57. The molecule has 1 N–H and O–H groups in total. The molecule has 1 amide bonds. The van der Waals surface area contributed by atoms with Crippen molar-refractivity contribution in [2.75, 3.05) is 13.7 Å². The van der Waals surface area contributed by atoms with Crippen LogP contribution in [-0.2, 0) is 9.53 Å². The summed E-state index contributed by atoms with van der Waals surface area (Å²) in [6, 6.07) is 12.0. The van der Waals surface area contributed by atoms with Crippen LogP contribution < -0.4 is 14.9 Å². The molecule has 7 nitrogen and oxygen atoms in total. The molecule has 0 saturated heterocycles. The van der Waals surface area contributed by atoms with Crippen molar-refractivity contribution in [1.29, 1.82) is 0 Å². The number of hydrogen-bond acceptors (Lipinski definition) is 6. The number of rotatable bonds is 8. The van der Waals surface area contributed by atoms with E-state index >= 15 is 0 Å². The standard InChI is InChI=1S/C20H21BrN2O5/c1-13(2)28-19(24)12-27-16-7-4-14(5-8-16)11-22-23-20(25)17-10-15(21)6-9-18(17)26-3/h4-11,13H,12H2,1-3H3,(H,23,25). The molecule has 2 aromatic rings. The lowest BCUT2D eigenvalue weighted by atomic mass is 10.2. The lowest BCUT2D eigenvalue weighted by Crippen LogP contribution is -2.18. The van der Waals surface area contributed by atoms with Crippen LogP contribution in [0, 0.1) is 0 Å². The molecule has 0 aromatic heterocycles. The Hall–Kier alpha value is -2.87. The minimum absolute atomic E-state index is 0.157. The summed E-state index contributed by atoms with van der Waals surface area (Å²) in [5, 5.41) is 3.95. The van der Waals surface area contributed by atoms with Crippen molar-refractivity contribution in [2.45, 2.75) is 20.0 Å². The van der Waals surface area contributed by atoms with Gasteiger partial charge in [-0.25, -0.2) is 10.2 Å². The van der Waals surface area contributed by atoms with Gasteiger partial charge in [-0.1, -0.05) is 15.9 Å². The number of hydrazone groups is 1. The number of methoxy groups -OCH3 is 1. The van der Waals surface area contributed by atoms with Crippen molar-refractivity contribution in [1.82, 2.24) is 5.43 Å². The first kappa shape index (κ1) is 21.4. The van der Waals surface area contributed by atoms with Crippen molar-refractivity contribution in [3.05, 3.63) is 58.1 Å². The zero-order valence-electron chi connectivity index (χ0n) is 15.8. The molecule has 0 fully saturated rings. The molecule has 0 spiro atoms. The molecular formula is C20H21BrN2O5. The van der Waals surface area contributed by atoms with Crippen LogP contribution in [0.2, 0.25) is 0 Å². The number of nitrogens with zero attached hydrogens (tertiary/aromatic N) is 1. The van der Waals surface area contributed by atoms with Gasteiger partial charge in [0.15, 0.2) is 6.61 Å². The largest absolute Gasteiger partial charge is 0.496 e. The molecule has 0 radical (unpaired) electrons. The third-order valence-corrected chi connectivity index (χ3v) is 3.88. The number of ether oxygens (including phenoxy) is 3. The zero-order chi connectivity index (χ0) is 20.5. The Morgan fingerprint density at radius 3 is 2.54 bits per heavy atom. The Labute approximate surface area is 171 Å². The molecule has 0 atom stereocenters. The number of nitrogens with one attached hydrogen (secondary N) is 1. The van der Waals surface area contributed by atoms with Gasteiger partial charge in [0.2, 0.25) is 0 Å². The third kappa shape index (κ3) is 6.70. The van der Waals surface area contributed by atoms with Crippen LogP contribution in [0.15, 0.2) is 52.0 Å². The lowest BCUT2D eigenvalue weighted by molar-refractivity contribution is -0.149. The van der Waals surface area contributed by atoms with Crippen molar-refractivity contribution >= 4 is 34.0 Å². The summed E-state index contributed by atoms with van der Waals surface area (Å²) < 4.78 is 16.3. The highest BCUT2D eigenvalue weighted by molar-refractivity contribution is 9.10. The fourth-order valence-electron chi connectivity index (χ4n) is 2.17. The first-order chi connectivity index (χ1) is 13.4. The van der Waals surface area contributed by atoms with Crippen LogP contribution in [0.1, 0.15) is 29.8 Å². The molecule has 2 aromatic carbocycles. The predicted molar refractivity (Wildman–Crippen MR) is 109 cm³/mol. The van der Waals surface area contributed by atoms with Gasteiger partial charge in [-0.2, -0.15) is 5.10 Å². The molecule has 0 aliphatic rings. The highest BCUT2D eigenvalue weighted by Crippen LogP contribution is 2.22. The summed E-state index contributed by atoms with van der Waals surface area (Å²) >= 11 is 3.32. The van der Waals surface area contributed by atoms with E-state index in [0.29, 0.717) is 17.1 Å². The van der Waals surface area contributed by atoms with Gasteiger partial charge in [0, 0.05) is 4.47 Å². The number of carbonyl (C=O) groups excluding carboxylic acids is 2. The van der Waals surface area contributed by atoms with Crippen LogP contribution in [-0.4, -0.2) is 37.9 Å². The van der Waals surface area contributed by atoms with Gasteiger partial charge >= 0.3 is 5.97 Å². The normalized spacial score (nSPS) is 10.8. The minimum Gasteiger partial charge on any atom is -0.496 e. The number of amides is 1. The molecule has 2 rings (SSSR count). The monoisotopic (exact) mass is 448 g/mol. The number of benzene rings is 2. The fraction of sp³-hybridized carbons (Fsp3) is 0.250. The predicted octanol–water partition coefficient (Wildman–Crippen LogP) is 3.55. The van der Waals surface area contributed by atoms with E-state index in [1.165, 1.54) is 13.3 Å². The lowest BCUT2D eigenvalue weighted by Gasteiger charge is -2.09. The molecule has 0 unspecified atom stereocenters. The minimum atomic E-state index is -0.425. The quantitative estimate of drug-likeness (QED) is 0.379. The SMILES string of the molecule is COc1ccc(Br)cc1C(=O)NN=Cc1ccc(OCC(=O)OC(C)C)cc1. The molecule has 28 heavy (non-hydrogen) atoms. The first-order valence-electron chi connectivity index (χ1n) is 8.48. The Balaban J connectivity index is 1.90. The molecule has 148 valence electrons. The van der Waals surface area contributed by atoms with Gasteiger partial charge < -0.3 is 14.2 Å². The molecule has 0 heterocycles. The number of halogens is 1. The second-order valence-corrected chi connectivity index (χ2v) is 6.86. The Bertz CT molecular complexity index is 850. The summed E-state index contributed by atoms with van der Waals surface area (Å²) in [6.45, 7) is 3.39. The topological polar surface area (TPSA) is 86.2 Å². The third-order valence-electron chi connectivity index (χ3n) is 3.39.